The minimum absolute atomic E-state index is 0.312. The number of nitrogens with two attached hydrogens (primary N) is 1. The summed E-state index contributed by atoms with van der Waals surface area (Å²) in [6.07, 6.45) is 0.787. The number of anilines is 1. The molecule has 17 heavy (non-hydrogen) atoms. The Morgan fingerprint density at radius 2 is 2.29 bits per heavy atom. The molecule has 0 aliphatic carbocycles. The van der Waals surface area contributed by atoms with Crippen LogP contribution in [0.5, 0.6) is 5.88 Å². The molecule has 1 heterocycles. The number of rotatable bonds is 7. The maximum atomic E-state index is 5.48. The van der Waals surface area contributed by atoms with Gasteiger partial charge in [-0.15, -0.1) is 6.58 Å². The summed E-state index contributed by atoms with van der Waals surface area (Å²) in [6, 6.07) is 1.64. The SMILES string of the molecule is C=C(C)CCOc1cc(NN)nc(COC)n1. The molecule has 0 saturated heterocycles. The van der Waals surface area contributed by atoms with Gasteiger partial charge >= 0.3 is 0 Å². The fourth-order valence-electron chi connectivity index (χ4n) is 1.14. The van der Waals surface area contributed by atoms with Crippen LogP contribution in [-0.4, -0.2) is 23.7 Å². The van der Waals surface area contributed by atoms with Gasteiger partial charge < -0.3 is 14.9 Å². The van der Waals surface area contributed by atoms with E-state index in [0.29, 0.717) is 30.7 Å². The molecular formula is C11H18N4O2. The molecule has 0 aliphatic heterocycles. The minimum atomic E-state index is 0.312. The van der Waals surface area contributed by atoms with Gasteiger partial charge in [0.05, 0.1) is 6.61 Å². The standard InChI is InChI=1S/C11H18N4O2/c1-8(2)4-5-17-11-6-9(15-12)13-10(14-11)7-16-3/h6H,1,4-5,7,12H2,2-3H3,(H,13,14,15). The third kappa shape index (κ3) is 4.80. The largest absolute Gasteiger partial charge is 0.477 e. The predicted molar refractivity (Wildman–Crippen MR) is 65.5 cm³/mol. The van der Waals surface area contributed by atoms with E-state index >= 15 is 0 Å². The van der Waals surface area contributed by atoms with Gasteiger partial charge in [-0.3, -0.25) is 0 Å². The Hall–Kier alpha value is -1.66. The van der Waals surface area contributed by atoms with Crippen molar-refractivity contribution in [2.75, 3.05) is 19.1 Å². The number of nitrogens with zero attached hydrogens (tertiary/aromatic N) is 2. The summed E-state index contributed by atoms with van der Waals surface area (Å²) in [5, 5.41) is 0. The van der Waals surface area contributed by atoms with E-state index in [1.165, 1.54) is 0 Å². The van der Waals surface area contributed by atoms with Crippen molar-refractivity contribution < 1.29 is 9.47 Å². The van der Waals surface area contributed by atoms with Gasteiger partial charge in [-0.25, -0.2) is 10.8 Å². The van der Waals surface area contributed by atoms with Gasteiger partial charge in [-0.2, -0.15) is 4.98 Å². The topological polar surface area (TPSA) is 82.3 Å². The van der Waals surface area contributed by atoms with Gasteiger partial charge in [0.2, 0.25) is 5.88 Å². The number of methoxy groups -OCH3 is 1. The molecule has 6 nitrogen and oxygen atoms in total. The fraction of sp³-hybridized carbons (Fsp3) is 0.455. The summed E-state index contributed by atoms with van der Waals surface area (Å²) >= 11 is 0. The van der Waals surface area contributed by atoms with E-state index in [4.69, 9.17) is 15.3 Å². The number of hydrazine groups is 1. The summed E-state index contributed by atoms with van der Waals surface area (Å²) in [5.41, 5.74) is 3.52. The van der Waals surface area contributed by atoms with Gasteiger partial charge in [0.25, 0.3) is 0 Å². The van der Waals surface area contributed by atoms with Crippen LogP contribution in [0.1, 0.15) is 19.2 Å². The van der Waals surface area contributed by atoms with Crippen LogP contribution in [0, 0.1) is 0 Å². The lowest BCUT2D eigenvalue weighted by Gasteiger charge is -2.08. The van der Waals surface area contributed by atoms with Crippen molar-refractivity contribution in [3.05, 3.63) is 24.0 Å². The molecule has 94 valence electrons. The van der Waals surface area contributed by atoms with Gasteiger partial charge in [0.15, 0.2) is 5.82 Å². The molecule has 0 aliphatic rings. The molecule has 0 bridgehead atoms. The average Bonchev–Trinajstić information content (AvgIpc) is 2.28. The van der Waals surface area contributed by atoms with Crippen molar-refractivity contribution in [2.45, 2.75) is 20.0 Å². The zero-order valence-electron chi connectivity index (χ0n) is 10.2. The first kappa shape index (κ1) is 13.4. The fourth-order valence-corrected chi connectivity index (χ4v) is 1.14. The molecule has 0 amide bonds. The van der Waals surface area contributed by atoms with E-state index < -0.39 is 0 Å². The Morgan fingerprint density at radius 3 is 2.88 bits per heavy atom. The predicted octanol–water partition coefficient (Wildman–Crippen LogP) is 1.25. The lowest BCUT2D eigenvalue weighted by atomic mass is 10.3. The van der Waals surface area contributed by atoms with Crippen LogP contribution in [0.15, 0.2) is 18.2 Å². The van der Waals surface area contributed by atoms with E-state index in [9.17, 15) is 0 Å². The highest BCUT2D eigenvalue weighted by molar-refractivity contribution is 5.36. The quantitative estimate of drug-likeness (QED) is 0.422. The van der Waals surface area contributed by atoms with E-state index in [1.54, 1.807) is 13.2 Å². The maximum Gasteiger partial charge on any atom is 0.218 e. The molecular weight excluding hydrogens is 220 g/mol. The lowest BCUT2D eigenvalue weighted by Crippen LogP contribution is -2.12. The molecule has 0 fully saturated rings. The third-order valence-electron chi connectivity index (χ3n) is 1.95. The first-order valence-corrected chi connectivity index (χ1v) is 5.26. The van der Waals surface area contributed by atoms with Crippen LogP contribution in [0.2, 0.25) is 0 Å². The van der Waals surface area contributed by atoms with E-state index in [2.05, 4.69) is 22.0 Å². The van der Waals surface area contributed by atoms with Gasteiger partial charge in [-0.1, -0.05) is 5.57 Å². The first-order valence-electron chi connectivity index (χ1n) is 5.26. The molecule has 1 rings (SSSR count). The lowest BCUT2D eigenvalue weighted by molar-refractivity contribution is 0.176. The first-order chi connectivity index (χ1) is 8.15. The van der Waals surface area contributed by atoms with Crippen molar-refractivity contribution in [1.82, 2.24) is 9.97 Å². The molecule has 0 radical (unpaired) electrons. The summed E-state index contributed by atoms with van der Waals surface area (Å²) < 4.78 is 10.4. The zero-order chi connectivity index (χ0) is 12.7. The van der Waals surface area contributed by atoms with Crippen molar-refractivity contribution in [3.63, 3.8) is 0 Å². The van der Waals surface area contributed by atoms with Gasteiger partial charge in [0, 0.05) is 19.6 Å². The molecule has 6 heteroatoms. The number of nitrogens with one attached hydrogen (secondary N) is 1. The summed E-state index contributed by atoms with van der Waals surface area (Å²) in [7, 11) is 1.58. The molecule has 3 N–H and O–H groups in total. The second-order valence-electron chi connectivity index (χ2n) is 3.64. The highest BCUT2D eigenvalue weighted by Gasteiger charge is 2.04. The van der Waals surface area contributed by atoms with E-state index in [1.807, 2.05) is 6.92 Å². The Balaban J connectivity index is 2.69. The molecule has 0 atom stereocenters. The second kappa shape index (κ2) is 6.82. The Morgan fingerprint density at radius 1 is 1.53 bits per heavy atom. The highest BCUT2D eigenvalue weighted by atomic mass is 16.5. The Kier molecular flexibility index (Phi) is 5.38. The number of hydrogen-bond acceptors (Lipinski definition) is 6. The molecule has 1 aromatic rings. The van der Waals surface area contributed by atoms with Crippen LogP contribution in [-0.2, 0) is 11.3 Å². The summed E-state index contributed by atoms with van der Waals surface area (Å²) in [4.78, 5) is 8.30. The van der Waals surface area contributed by atoms with Crippen molar-refractivity contribution in [2.24, 2.45) is 5.84 Å². The zero-order valence-corrected chi connectivity index (χ0v) is 10.2. The van der Waals surface area contributed by atoms with Crippen LogP contribution in [0.3, 0.4) is 0 Å². The van der Waals surface area contributed by atoms with Crippen LogP contribution in [0.25, 0.3) is 0 Å². The average molecular weight is 238 g/mol. The molecule has 0 unspecified atom stereocenters. The van der Waals surface area contributed by atoms with Crippen molar-refractivity contribution in [1.29, 1.82) is 0 Å². The minimum Gasteiger partial charge on any atom is -0.477 e. The highest BCUT2D eigenvalue weighted by Crippen LogP contribution is 2.13. The second-order valence-corrected chi connectivity index (χ2v) is 3.64. The smallest absolute Gasteiger partial charge is 0.218 e. The third-order valence-corrected chi connectivity index (χ3v) is 1.95. The number of ether oxygens (including phenoxy) is 2. The summed E-state index contributed by atoms with van der Waals surface area (Å²) in [6.45, 7) is 6.60. The molecule has 0 spiro atoms. The van der Waals surface area contributed by atoms with Crippen LogP contribution >= 0.6 is 0 Å². The number of hydrogen-bond donors (Lipinski definition) is 2. The maximum absolute atomic E-state index is 5.48. The van der Waals surface area contributed by atoms with Crippen LogP contribution in [0.4, 0.5) is 5.82 Å². The van der Waals surface area contributed by atoms with Gasteiger partial charge in [-0.05, 0) is 6.92 Å². The molecule has 0 saturated carbocycles. The van der Waals surface area contributed by atoms with Crippen molar-refractivity contribution in [3.8, 4) is 5.88 Å². The Labute approximate surface area is 101 Å². The van der Waals surface area contributed by atoms with Gasteiger partial charge in [0.1, 0.15) is 12.4 Å². The number of aromatic nitrogens is 2. The molecule has 1 aromatic heterocycles. The van der Waals surface area contributed by atoms with Crippen LogP contribution < -0.4 is 16.0 Å². The van der Waals surface area contributed by atoms with E-state index in [0.717, 1.165) is 12.0 Å². The molecule has 0 aromatic carbocycles. The normalized spacial score (nSPS) is 10.1. The summed E-state index contributed by atoms with van der Waals surface area (Å²) in [5.74, 6) is 6.80. The van der Waals surface area contributed by atoms with E-state index in [-0.39, 0.29) is 0 Å². The number of nitrogen functional groups attached to an aromatic ring is 1. The van der Waals surface area contributed by atoms with Crippen molar-refractivity contribution >= 4 is 5.82 Å². The Bertz CT molecular complexity index is 382. The monoisotopic (exact) mass is 238 g/mol.